The van der Waals surface area contributed by atoms with E-state index in [1.165, 1.54) is 0 Å². The number of nitrogens with one attached hydrogen (secondary N) is 1. The number of ketones is 1. The number of carbonyl (C=O) groups excluding carboxylic acids is 1. The molecule has 4 aromatic rings. The van der Waals surface area contributed by atoms with Gasteiger partial charge in [0.15, 0.2) is 5.78 Å². The Kier molecular flexibility index (Phi) is 4.32. The van der Waals surface area contributed by atoms with Gasteiger partial charge in [0, 0.05) is 21.3 Å². The van der Waals surface area contributed by atoms with Gasteiger partial charge in [0.25, 0.3) is 0 Å². The maximum absolute atomic E-state index is 13.6. The minimum atomic E-state index is -0.278. The van der Waals surface area contributed by atoms with Crippen molar-refractivity contribution in [2.45, 2.75) is 13.0 Å². The van der Waals surface area contributed by atoms with Crippen LogP contribution in [0.15, 0.2) is 88.9 Å². The van der Waals surface area contributed by atoms with Crippen molar-refractivity contribution in [2.75, 3.05) is 5.32 Å². The number of hydrogen-bond donors (Lipinski definition) is 1. The Morgan fingerprint density at radius 3 is 2.41 bits per heavy atom. The minimum absolute atomic E-state index is 0.0203. The number of Topliss-reactive ketones (excluding diaryl/α,β-unsaturated/α-hetero) is 1. The fourth-order valence-corrected chi connectivity index (χ4v) is 4.20. The molecule has 4 nitrogen and oxygen atoms in total. The van der Waals surface area contributed by atoms with Crippen LogP contribution >= 0.6 is 15.9 Å². The van der Waals surface area contributed by atoms with Crippen LogP contribution in [0, 0.1) is 0 Å². The van der Waals surface area contributed by atoms with Gasteiger partial charge in [-0.05, 0) is 36.8 Å². The van der Waals surface area contributed by atoms with Gasteiger partial charge in [0.2, 0.25) is 5.95 Å². The highest BCUT2D eigenvalue weighted by molar-refractivity contribution is 9.10. The fraction of sp³-hybridized carbons (Fsp3) is 0.0833. The maximum Gasteiger partial charge on any atom is 0.209 e. The Bertz CT molecular complexity index is 1260. The number of allylic oxidation sites excluding steroid dienone is 1. The summed E-state index contributed by atoms with van der Waals surface area (Å²) in [5.41, 5.74) is 5.21. The van der Waals surface area contributed by atoms with E-state index in [2.05, 4.69) is 21.2 Å². The monoisotopic (exact) mass is 443 g/mol. The molecule has 1 N–H and O–H groups in total. The molecule has 1 atom stereocenters. The van der Waals surface area contributed by atoms with E-state index < -0.39 is 0 Å². The molecule has 0 aliphatic carbocycles. The highest BCUT2D eigenvalue weighted by Gasteiger charge is 2.32. The summed E-state index contributed by atoms with van der Waals surface area (Å²) < 4.78 is 3.04. The lowest BCUT2D eigenvalue weighted by atomic mass is 9.89. The number of imidazole rings is 1. The highest BCUT2D eigenvalue weighted by atomic mass is 79.9. The zero-order chi connectivity index (χ0) is 20.0. The van der Waals surface area contributed by atoms with Gasteiger partial charge in [-0.15, -0.1) is 0 Å². The van der Waals surface area contributed by atoms with E-state index in [0.717, 1.165) is 38.3 Å². The minimum Gasteiger partial charge on any atom is -0.344 e. The number of carbonyl (C=O) groups is 1. The predicted molar refractivity (Wildman–Crippen MR) is 120 cm³/mol. The van der Waals surface area contributed by atoms with Crippen molar-refractivity contribution in [3.8, 4) is 0 Å². The van der Waals surface area contributed by atoms with Gasteiger partial charge in [-0.1, -0.05) is 70.5 Å². The first-order valence-electron chi connectivity index (χ1n) is 9.44. The normalized spacial score (nSPS) is 15.9. The second-order valence-electron chi connectivity index (χ2n) is 7.08. The molecule has 0 fully saturated rings. The average molecular weight is 444 g/mol. The summed E-state index contributed by atoms with van der Waals surface area (Å²) >= 11 is 3.50. The first-order chi connectivity index (χ1) is 14.1. The van der Waals surface area contributed by atoms with Crippen LogP contribution in [0.2, 0.25) is 0 Å². The van der Waals surface area contributed by atoms with Crippen LogP contribution in [0.5, 0.6) is 0 Å². The van der Waals surface area contributed by atoms with Gasteiger partial charge in [-0.2, -0.15) is 0 Å². The molecule has 1 unspecified atom stereocenters. The lowest BCUT2D eigenvalue weighted by Gasteiger charge is -2.30. The summed E-state index contributed by atoms with van der Waals surface area (Å²) in [5, 5.41) is 3.51. The lowest BCUT2D eigenvalue weighted by Crippen LogP contribution is -2.27. The zero-order valence-electron chi connectivity index (χ0n) is 15.8. The quantitative estimate of drug-likeness (QED) is 0.390. The third-order valence-corrected chi connectivity index (χ3v) is 5.86. The number of nitrogens with zero attached hydrogens (tertiary/aromatic N) is 2. The molecule has 0 saturated heterocycles. The Morgan fingerprint density at radius 2 is 1.66 bits per heavy atom. The van der Waals surface area contributed by atoms with Crippen molar-refractivity contribution in [3.05, 3.63) is 100 Å². The van der Waals surface area contributed by atoms with Gasteiger partial charge in [0.05, 0.1) is 17.1 Å². The third kappa shape index (κ3) is 2.98. The van der Waals surface area contributed by atoms with Crippen molar-refractivity contribution < 1.29 is 4.79 Å². The Morgan fingerprint density at radius 1 is 0.966 bits per heavy atom. The van der Waals surface area contributed by atoms with Gasteiger partial charge in [-0.3, -0.25) is 9.36 Å². The van der Waals surface area contributed by atoms with Crippen molar-refractivity contribution in [1.29, 1.82) is 0 Å². The van der Waals surface area contributed by atoms with Crippen LogP contribution in [0.3, 0.4) is 0 Å². The van der Waals surface area contributed by atoms with E-state index >= 15 is 0 Å². The first kappa shape index (κ1) is 17.9. The number of para-hydroxylation sites is 2. The molecule has 1 aromatic heterocycles. The maximum atomic E-state index is 13.6. The molecular formula is C24H18BrN3O. The summed E-state index contributed by atoms with van der Waals surface area (Å²) in [6, 6.07) is 25.2. The van der Waals surface area contributed by atoms with E-state index in [1.54, 1.807) is 0 Å². The molecule has 5 heteroatoms. The van der Waals surface area contributed by atoms with E-state index in [4.69, 9.17) is 4.98 Å². The van der Waals surface area contributed by atoms with E-state index in [0.29, 0.717) is 5.56 Å². The molecule has 5 rings (SSSR count). The number of aromatic nitrogens is 2. The van der Waals surface area contributed by atoms with Crippen LogP contribution in [0.1, 0.15) is 28.9 Å². The van der Waals surface area contributed by atoms with Crippen LogP contribution < -0.4 is 5.32 Å². The molecule has 142 valence electrons. The molecule has 29 heavy (non-hydrogen) atoms. The Hall–Kier alpha value is -3.18. The van der Waals surface area contributed by atoms with Crippen LogP contribution in [0.25, 0.3) is 16.7 Å². The number of anilines is 1. The van der Waals surface area contributed by atoms with E-state index in [1.807, 2.05) is 90.4 Å². The number of benzene rings is 3. The first-order valence-corrected chi connectivity index (χ1v) is 10.2. The van der Waals surface area contributed by atoms with Crippen molar-refractivity contribution >= 4 is 44.4 Å². The Labute approximate surface area is 177 Å². The summed E-state index contributed by atoms with van der Waals surface area (Å²) in [6.07, 6.45) is 0. The van der Waals surface area contributed by atoms with Gasteiger partial charge in [0.1, 0.15) is 0 Å². The third-order valence-electron chi connectivity index (χ3n) is 5.33. The molecular weight excluding hydrogens is 426 g/mol. The smallest absolute Gasteiger partial charge is 0.209 e. The molecule has 3 aromatic carbocycles. The molecule has 0 spiro atoms. The highest BCUT2D eigenvalue weighted by Crippen LogP contribution is 2.39. The SMILES string of the molecule is CC1=C(C(=O)c2ccccc2)C(c2ccc(Br)cc2)Nc2nc3ccccc3n21. The zero-order valence-corrected chi connectivity index (χ0v) is 17.3. The number of halogens is 1. The summed E-state index contributed by atoms with van der Waals surface area (Å²) in [7, 11) is 0. The van der Waals surface area contributed by atoms with Crippen molar-refractivity contribution in [2.24, 2.45) is 0 Å². The van der Waals surface area contributed by atoms with E-state index in [-0.39, 0.29) is 11.8 Å². The molecule has 2 heterocycles. The molecule has 0 radical (unpaired) electrons. The van der Waals surface area contributed by atoms with E-state index in [9.17, 15) is 4.79 Å². The molecule has 1 aliphatic rings. The molecule has 1 aliphatic heterocycles. The number of fused-ring (bicyclic) bond motifs is 3. The van der Waals surface area contributed by atoms with Gasteiger partial charge in [-0.25, -0.2) is 4.98 Å². The Balaban J connectivity index is 1.75. The summed E-state index contributed by atoms with van der Waals surface area (Å²) in [6.45, 7) is 2.00. The second-order valence-corrected chi connectivity index (χ2v) is 8.00. The number of rotatable bonds is 3. The standard InChI is InChI=1S/C24H18BrN3O/c1-15-21(23(29)17-7-3-2-4-8-17)22(16-11-13-18(25)14-12-16)27-24-26-19-9-5-6-10-20(19)28(15)24/h2-14,22H,1H3,(H,26,27). The van der Waals surface area contributed by atoms with Gasteiger partial charge >= 0.3 is 0 Å². The molecule has 0 saturated carbocycles. The lowest BCUT2D eigenvalue weighted by molar-refractivity contribution is 0.102. The largest absolute Gasteiger partial charge is 0.344 e. The van der Waals surface area contributed by atoms with Crippen LogP contribution in [-0.2, 0) is 0 Å². The second kappa shape index (κ2) is 7.01. The summed E-state index contributed by atoms with van der Waals surface area (Å²) in [4.78, 5) is 18.3. The van der Waals surface area contributed by atoms with Gasteiger partial charge < -0.3 is 5.32 Å². The average Bonchev–Trinajstić information content (AvgIpc) is 3.13. The van der Waals surface area contributed by atoms with Crippen LogP contribution in [-0.4, -0.2) is 15.3 Å². The predicted octanol–water partition coefficient (Wildman–Crippen LogP) is 6.08. The van der Waals surface area contributed by atoms with Crippen molar-refractivity contribution in [1.82, 2.24) is 9.55 Å². The summed E-state index contributed by atoms with van der Waals surface area (Å²) in [5.74, 6) is 0.771. The molecule has 0 amide bonds. The number of hydrogen-bond acceptors (Lipinski definition) is 3. The molecule has 0 bridgehead atoms. The fourth-order valence-electron chi connectivity index (χ4n) is 3.94. The topological polar surface area (TPSA) is 46.9 Å². The van der Waals surface area contributed by atoms with Crippen molar-refractivity contribution in [3.63, 3.8) is 0 Å². The van der Waals surface area contributed by atoms with Crippen LogP contribution in [0.4, 0.5) is 5.95 Å².